The van der Waals surface area contributed by atoms with Gasteiger partial charge in [0.25, 0.3) is 0 Å². The molecule has 20 heavy (non-hydrogen) atoms. The molecule has 0 saturated heterocycles. The zero-order valence-corrected chi connectivity index (χ0v) is 13.1. The number of hydrogen-bond donors (Lipinski definition) is 1. The van der Waals surface area contributed by atoms with Crippen molar-refractivity contribution in [2.75, 3.05) is 26.5 Å². The lowest BCUT2D eigenvalue weighted by molar-refractivity contribution is 0.388. The van der Waals surface area contributed by atoms with Crippen molar-refractivity contribution in [2.24, 2.45) is 5.73 Å². The summed E-state index contributed by atoms with van der Waals surface area (Å²) in [5.41, 5.74) is 6.40. The first kappa shape index (κ1) is 16.8. The number of hydrogen-bond acceptors (Lipinski definition) is 5. The van der Waals surface area contributed by atoms with Crippen LogP contribution >= 0.6 is 0 Å². The summed E-state index contributed by atoms with van der Waals surface area (Å²) in [6, 6.07) is 3.24. The SMILES string of the molecule is CCCCS(=O)(=O)c1cc(OC)c(CCN)cc1OC. The average molecular weight is 301 g/mol. The molecule has 0 amide bonds. The van der Waals surface area contributed by atoms with E-state index in [0.29, 0.717) is 30.9 Å². The molecule has 0 unspecified atom stereocenters. The van der Waals surface area contributed by atoms with Gasteiger partial charge >= 0.3 is 0 Å². The Hall–Kier alpha value is -1.27. The molecule has 0 saturated carbocycles. The lowest BCUT2D eigenvalue weighted by Crippen LogP contribution is -2.11. The maximum absolute atomic E-state index is 12.3. The third-order valence-electron chi connectivity index (χ3n) is 3.08. The second-order valence-corrected chi connectivity index (χ2v) is 6.60. The summed E-state index contributed by atoms with van der Waals surface area (Å²) in [5.74, 6) is 0.996. The van der Waals surface area contributed by atoms with Crippen LogP contribution in [-0.4, -0.2) is 34.9 Å². The lowest BCUT2D eigenvalue weighted by atomic mass is 10.1. The Morgan fingerprint density at radius 3 is 2.30 bits per heavy atom. The fourth-order valence-electron chi connectivity index (χ4n) is 1.97. The molecule has 0 fully saturated rings. The molecule has 0 atom stereocenters. The van der Waals surface area contributed by atoms with Gasteiger partial charge < -0.3 is 15.2 Å². The van der Waals surface area contributed by atoms with Crippen LogP contribution in [0.2, 0.25) is 0 Å². The second kappa shape index (κ2) is 7.50. The number of unbranched alkanes of at least 4 members (excludes halogenated alkanes) is 1. The van der Waals surface area contributed by atoms with Crippen molar-refractivity contribution >= 4 is 9.84 Å². The van der Waals surface area contributed by atoms with Crippen molar-refractivity contribution < 1.29 is 17.9 Å². The van der Waals surface area contributed by atoms with Gasteiger partial charge in [0.05, 0.1) is 20.0 Å². The standard InChI is InChI=1S/C14H23NO4S/c1-4-5-8-20(16,17)14-10-12(18-2)11(6-7-15)9-13(14)19-3/h9-10H,4-8,15H2,1-3H3. The van der Waals surface area contributed by atoms with E-state index >= 15 is 0 Å². The number of sulfone groups is 1. The van der Waals surface area contributed by atoms with Crippen LogP contribution in [0.4, 0.5) is 0 Å². The van der Waals surface area contributed by atoms with Gasteiger partial charge in [-0.1, -0.05) is 13.3 Å². The van der Waals surface area contributed by atoms with E-state index in [1.54, 1.807) is 6.07 Å². The van der Waals surface area contributed by atoms with E-state index in [0.717, 1.165) is 12.0 Å². The maximum atomic E-state index is 12.3. The third kappa shape index (κ3) is 3.86. The average Bonchev–Trinajstić information content (AvgIpc) is 2.44. The van der Waals surface area contributed by atoms with E-state index in [-0.39, 0.29) is 10.6 Å². The molecule has 0 aromatic heterocycles. The van der Waals surface area contributed by atoms with Gasteiger partial charge in [0, 0.05) is 6.07 Å². The molecule has 6 heteroatoms. The minimum atomic E-state index is -3.37. The van der Waals surface area contributed by atoms with Gasteiger partial charge in [-0.05, 0) is 31.0 Å². The number of benzene rings is 1. The highest BCUT2D eigenvalue weighted by molar-refractivity contribution is 7.91. The van der Waals surface area contributed by atoms with Crippen LogP contribution in [0.5, 0.6) is 11.5 Å². The smallest absolute Gasteiger partial charge is 0.182 e. The predicted molar refractivity (Wildman–Crippen MR) is 79.3 cm³/mol. The van der Waals surface area contributed by atoms with Crippen molar-refractivity contribution in [1.29, 1.82) is 0 Å². The zero-order valence-electron chi connectivity index (χ0n) is 12.3. The topological polar surface area (TPSA) is 78.6 Å². The van der Waals surface area contributed by atoms with Gasteiger partial charge in [-0.15, -0.1) is 0 Å². The molecule has 5 nitrogen and oxygen atoms in total. The van der Waals surface area contributed by atoms with Crippen LogP contribution in [0.1, 0.15) is 25.3 Å². The molecule has 0 bridgehead atoms. The van der Waals surface area contributed by atoms with Gasteiger partial charge in [-0.3, -0.25) is 0 Å². The quantitative estimate of drug-likeness (QED) is 0.792. The third-order valence-corrected chi connectivity index (χ3v) is 4.90. The predicted octanol–water partition coefficient (Wildman–Crippen LogP) is 1.78. The molecule has 0 spiro atoms. The Morgan fingerprint density at radius 1 is 1.15 bits per heavy atom. The minimum Gasteiger partial charge on any atom is -0.496 e. The van der Waals surface area contributed by atoms with Crippen LogP contribution in [0.3, 0.4) is 0 Å². The molecule has 2 N–H and O–H groups in total. The largest absolute Gasteiger partial charge is 0.496 e. The first-order valence-corrected chi connectivity index (χ1v) is 8.33. The summed E-state index contributed by atoms with van der Waals surface area (Å²) < 4.78 is 35.2. The molecular weight excluding hydrogens is 278 g/mol. The van der Waals surface area contributed by atoms with Crippen molar-refractivity contribution in [3.05, 3.63) is 17.7 Å². The lowest BCUT2D eigenvalue weighted by Gasteiger charge is -2.14. The second-order valence-electron chi connectivity index (χ2n) is 4.53. The van der Waals surface area contributed by atoms with E-state index in [2.05, 4.69) is 0 Å². The van der Waals surface area contributed by atoms with E-state index in [9.17, 15) is 8.42 Å². The van der Waals surface area contributed by atoms with Gasteiger partial charge in [-0.2, -0.15) is 0 Å². The first-order chi connectivity index (χ1) is 9.50. The minimum absolute atomic E-state index is 0.110. The number of nitrogens with two attached hydrogens (primary N) is 1. The molecule has 0 radical (unpaired) electrons. The normalized spacial score (nSPS) is 11.4. The van der Waals surface area contributed by atoms with Crippen LogP contribution < -0.4 is 15.2 Å². The van der Waals surface area contributed by atoms with E-state index in [1.807, 2.05) is 6.92 Å². The molecule has 0 heterocycles. The molecule has 0 aliphatic rings. The summed E-state index contributed by atoms with van der Waals surface area (Å²) in [4.78, 5) is 0.186. The molecular formula is C14H23NO4S. The molecule has 1 aromatic carbocycles. The van der Waals surface area contributed by atoms with E-state index in [4.69, 9.17) is 15.2 Å². The van der Waals surface area contributed by atoms with Crippen molar-refractivity contribution in [1.82, 2.24) is 0 Å². The van der Waals surface area contributed by atoms with E-state index < -0.39 is 9.84 Å². The van der Waals surface area contributed by atoms with Gasteiger partial charge in [0.1, 0.15) is 16.4 Å². The summed E-state index contributed by atoms with van der Waals surface area (Å²) in [7, 11) is -0.382. The fraction of sp³-hybridized carbons (Fsp3) is 0.571. The van der Waals surface area contributed by atoms with Crippen molar-refractivity contribution in [3.63, 3.8) is 0 Å². The number of rotatable bonds is 8. The van der Waals surface area contributed by atoms with Gasteiger partial charge in [-0.25, -0.2) is 8.42 Å². The van der Waals surface area contributed by atoms with Crippen LogP contribution in [0.25, 0.3) is 0 Å². The van der Waals surface area contributed by atoms with Crippen LogP contribution in [-0.2, 0) is 16.3 Å². The van der Waals surface area contributed by atoms with Crippen LogP contribution in [0, 0.1) is 0 Å². The summed E-state index contributed by atoms with van der Waals surface area (Å²) in [6.45, 7) is 2.42. The van der Waals surface area contributed by atoms with Crippen molar-refractivity contribution in [3.8, 4) is 11.5 Å². The Labute approximate surface area is 121 Å². The molecule has 0 aliphatic heterocycles. The van der Waals surface area contributed by atoms with Crippen LogP contribution in [0.15, 0.2) is 17.0 Å². The van der Waals surface area contributed by atoms with Crippen molar-refractivity contribution in [2.45, 2.75) is 31.1 Å². The summed E-state index contributed by atoms with van der Waals surface area (Å²) in [6.07, 6.45) is 2.05. The van der Waals surface area contributed by atoms with Gasteiger partial charge in [0.2, 0.25) is 0 Å². The molecule has 114 valence electrons. The highest BCUT2D eigenvalue weighted by Gasteiger charge is 2.22. The Bertz CT molecular complexity index is 540. The summed E-state index contributed by atoms with van der Waals surface area (Å²) in [5, 5.41) is 0. The Kier molecular flexibility index (Phi) is 6.29. The first-order valence-electron chi connectivity index (χ1n) is 6.67. The Morgan fingerprint density at radius 2 is 1.80 bits per heavy atom. The van der Waals surface area contributed by atoms with Gasteiger partial charge in [0.15, 0.2) is 9.84 Å². The fourth-order valence-corrected chi connectivity index (χ4v) is 3.60. The highest BCUT2D eigenvalue weighted by atomic mass is 32.2. The number of ether oxygens (including phenoxy) is 2. The van der Waals surface area contributed by atoms with E-state index in [1.165, 1.54) is 20.3 Å². The maximum Gasteiger partial charge on any atom is 0.182 e. The molecule has 1 rings (SSSR count). The summed E-state index contributed by atoms with van der Waals surface area (Å²) >= 11 is 0. The zero-order chi connectivity index (χ0) is 15.2. The molecule has 1 aromatic rings. The molecule has 0 aliphatic carbocycles. The highest BCUT2D eigenvalue weighted by Crippen LogP contribution is 2.33. The Balaban J connectivity index is 3.31. The monoisotopic (exact) mass is 301 g/mol. The number of methoxy groups -OCH3 is 2.